The SMILES string of the molecule is O=C(CC(F)(F)C(F)(F)C(F)(F)C(F)(F)C(F)(F)C(F)(F)C(F)(F)C(F)(F)C(F)(F)C(F)(F)C(F)(F)C(F)(F)C(F)(F)C(F)(F)C(F)(F)C(F)(F)C(F)(F)F)N1c2ccccc2C=Cc2ccccc21. The van der Waals surface area contributed by atoms with Crippen LogP contribution in [0.25, 0.3) is 12.2 Å². The first-order chi connectivity index (χ1) is 30.5. The molecule has 0 unspecified atom stereocenters. The van der Waals surface area contributed by atoms with Gasteiger partial charge >= 0.3 is 101 Å². The Balaban J connectivity index is 2.16. The van der Waals surface area contributed by atoms with Gasteiger partial charge in [-0.25, -0.2) is 0 Å². The number of para-hydroxylation sites is 2. The average Bonchev–Trinajstić information content (AvgIpc) is 3.36. The van der Waals surface area contributed by atoms with E-state index in [1.54, 1.807) is 0 Å². The van der Waals surface area contributed by atoms with Crippen molar-refractivity contribution in [3.63, 3.8) is 0 Å². The minimum atomic E-state index is -10.4. The van der Waals surface area contributed by atoms with Crippen molar-refractivity contribution in [2.24, 2.45) is 0 Å². The summed E-state index contributed by atoms with van der Waals surface area (Å²) in [6.45, 7) is 0. The highest BCUT2D eigenvalue weighted by Crippen LogP contribution is 2.70. The molecular formula is C33H12F35NO. The molecule has 0 saturated heterocycles. The van der Waals surface area contributed by atoms with Gasteiger partial charge in [0, 0.05) is 0 Å². The van der Waals surface area contributed by atoms with Gasteiger partial charge in [-0.1, -0.05) is 48.6 Å². The van der Waals surface area contributed by atoms with Crippen molar-refractivity contribution in [1.29, 1.82) is 0 Å². The molecule has 0 aromatic heterocycles. The number of hydrogen-bond donors (Lipinski definition) is 0. The first kappa shape index (κ1) is 59.5. The largest absolute Gasteiger partial charge is 0.460 e. The molecule has 70 heavy (non-hydrogen) atoms. The Morgan fingerprint density at radius 3 is 0.729 bits per heavy atom. The third-order valence-corrected chi connectivity index (χ3v) is 9.76. The molecule has 0 atom stereocenters. The van der Waals surface area contributed by atoms with Gasteiger partial charge in [0.1, 0.15) is 0 Å². The molecule has 0 N–H and O–H groups in total. The zero-order valence-electron chi connectivity index (χ0n) is 31.6. The molecule has 400 valence electrons. The van der Waals surface area contributed by atoms with E-state index < -0.39 is 125 Å². The maximum atomic E-state index is 15.0. The van der Waals surface area contributed by atoms with Crippen LogP contribution < -0.4 is 4.90 Å². The number of alkyl halides is 35. The van der Waals surface area contributed by atoms with E-state index in [0.29, 0.717) is 0 Å². The van der Waals surface area contributed by atoms with Crippen LogP contribution in [-0.2, 0) is 4.79 Å². The maximum Gasteiger partial charge on any atom is 0.460 e. The van der Waals surface area contributed by atoms with Crippen molar-refractivity contribution in [2.75, 3.05) is 4.90 Å². The maximum absolute atomic E-state index is 15.0. The van der Waals surface area contributed by atoms with Gasteiger partial charge in [-0.15, -0.1) is 0 Å². The molecule has 37 heteroatoms. The quantitative estimate of drug-likeness (QED) is 0.145. The molecule has 1 aliphatic heterocycles. The Hall–Kier alpha value is -4.80. The topological polar surface area (TPSA) is 20.3 Å². The number of fused-ring (bicyclic) bond motifs is 2. The monoisotopic (exact) mass is 1100 g/mol. The van der Waals surface area contributed by atoms with Crippen LogP contribution in [0.4, 0.5) is 165 Å². The minimum absolute atomic E-state index is 0.111. The highest BCUT2D eigenvalue weighted by Gasteiger charge is 3.02. The number of carbonyl (C=O) groups excluding carboxylic acids is 1. The Kier molecular flexibility index (Phi) is 13.7. The van der Waals surface area contributed by atoms with Crippen LogP contribution >= 0.6 is 0 Å². The molecule has 0 bridgehead atoms. The van der Waals surface area contributed by atoms with Gasteiger partial charge in [-0.05, 0) is 23.3 Å². The Morgan fingerprint density at radius 1 is 0.300 bits per heavy atom. The molecular weight excluding hydrogens is 1090 g/mol. The van der Waals surface area contributed by atoms with Gasteiger partial charge in [0.05, 0.1) is 17.8 Å². The minimum Gasteiger partial charge on any atom is -0.280 e. The number of nitrogens with zero attached hydrogens (tertiary/aromatic N) is 1. The summed E-state index contributed by atoms with van der Waals surface area (Å²) in [6, 6.07) is 7.61. The predicted octanol–water partition coefficient (Wildman–Crippen LogP) is 15.0. The third-order valence-electron chi connectivity index (χ3n) is 9.76. The summed E-state index contributed by atoms with van der Waals surface area (Å²) in [5, 5.41) is 0. The summed E-state index contributed by atoms with van der Waals surface area (Å²) in [4.78, 5) is 12.9. The van der Waals surface area contributed by atoms with Crippen molar-refractivity contribution < 1.29 is 158 Å². The number of carbonyl (C=O) groups is 1. The molecule has 1 amide bonds. The highest BCUT2D eigenvalue weighted by molar-refractivity contribution is 6.06. The lowest BCUT2D eigenvalue weighted by Crippen LogP contribution is -2.80. The molecule has 3 rings (SSSR count). The van der Waals surface area contributed by atoms with E-state index in [-0.39, 0.29) is 16.0 Å². The highest BCUT2D eigenvalue weighted by atomic mass is 19.4. The summed E-state index contributed by atoms with van der Waals surface area (Å²) in [7, 11) is 0. The van der Waals surface area contributed by atoms with E-state index in [1.165, 1.54) is 0 Å². The first-order valence-corrected chi connectivity index (χ1v) is 16.8. The summed E-state index contributed by atoms with van der Waals surface area (Å²) >= 11 is 0. The van der Waals surface area contributed by atoms with Gasteiger partial charge < -0.3 is 0 Å². The van der Waals surface area contributed by atoms with E-state index >= 15 is 0 Å². The number of amides is 1. The fourth-order valence-electron chi connectivity index (χ4n) is 5.59. The van der Waals surface area contributed by atoms with Crippen LogP contribution in [0.2, 0.25) is 0 Å². The first-order valence-electron chi connectivity index (χ1n) is 16.8. The smallest absolute Gasteiger partial charge is 0.280 e. The lowest BCUT2D eigenvalue weighted by atomic mass is 9.82. The van der Waals surface area contributed by atoms with E-state index in [4.69, 9.17) is 0 Å². The van der Waals surface area contributed by atoms with Crippen LogP contribution in [-0.4, -0.2) is 107 Å². The van der Waals surface area contributed by atoms with Gasteiger partial charge in [0.15, 0.2) is 0 Å². The lowest BCUT2D eigenvalue weighted by molar-refractivity contribution is -0.492. The summed E-state index contributed by atoms with van der Waals surface area (Å²) in [5.41, 5.74) is -1.98. The van der Waals surface area contributed by atoms with E-state index in [2.05, 4.69) is 0 Å². The van der Waals surface area contributed by atoms with Crippen molar-refractivity contribution in [3.8, 4) is 0 Å². The molecule has 0 radical (unpaired) electrons. The Morgan fingerprint density at radius 2 is 0.500 bits per heavy atom. The molecule has 1 heterocycles. The van der Waals surface area contributed by atoms with Gasteiger partial charge in [0.2, 0.25) is 5.91 Å². The van der Waals surface area contributed by atoms with Crippen molar-refractivity contribution in [1.82, 2.24) is 0 Å². The fourth-order valence-corrected chi connectivity index (χ4v) is 5.59. The number of rotatable bonds is 17. The number of benzene rings is 2. The van der Waals surface area contributed by atoms with Crippen molar-refractivity contribution in [2.45, 2.75) is 107 Å². The zero-order valence-corrected chi connectivity index (χ0v) is 31.6. The molecule has 0 aliphatic carbocycles. The second-order valence-corrected chi connectivity index (χ2v) is 14.2. The van der Waals surface area contributed by atoms with Crippen LogP contribution in [0.5, 0.6) is 0 Å². The second-order valence-electron chi connectivity index (χ2n) is 14.2. The standard InChI is InChI=1S/C33H12F35NO/c34-17(35,11-16(70)69-14-7-3-1-5-12(14)9-10-13-6-2-4-8-15(13)69)18(36,37)19(38,39)20(40,41)21(42,43)22(44,45)23(46,47)24(48,49)25(50,51)26(52,53)27(54,55)28(56,57)29(58,59)30(60,61)31(62,63)32(64,65)33(66,67)68/h1-10H,11H2. The number of hydrogen-bond acceptors (Lipinski definition) is 1. The van der Waals surface area contributed by atoms with Crippen LogP contribution in [0, 0.1) is 0 Å². The summed E-state index contributed by atoms with van der Waals surface area (Å²) in [6.07, 6.45) is -10.1. The average molecular weight is 1100 g/mol. The Labute approximate surface area is 360 Å². The molecule has 0 spiro atoms. The van der Waals surface area contributed by atoms with Crippen LogP contribution in [0.1, 0.15) is 17.5 Å². The van der Waals surface area contributed by atoms with E-state index in [9.17, 15) is 158 Å². The van der Waals surface area contributed by atoms with E-state index in [0.717, 1.165) is 60.7 Å². The fraction of sp³-hybridized carbons (Fsp3) is 0.545. The van der Waals surface area contributed by atoms with Crippen molar-refractivity contribution >= 4 is 29.4 Å². The van der Waals surface area contributed by atoms with Gasteiger partial charge in [-0.3, -0.25) is 9.69 Å². The molecule has 2 aromatic carbocycles. The summed E-state index contributed by atoms with van der Waals surface area (Å²) < 4.78 is 490. The van der Waals surface area contributed by atoms with Gasteiger partial charge in [-0.2, -0.15) is 154 Å². The zero-order chi connectivity index (χ0) is 55.7. The second kappa shape index (κ2) is 16.1. The predicted molar refractivity (Wildman–Crippen MR) is 159 cm³/mol. The van der Waals surface area contributed by atoms with E-state index in [1.807, 2.05) is 0 Å². The summed E-state index contributed by atoms with van der Waals surface area (Å²) in [5.74, 6) is -158. The van der Waals surface area contributed by atoms with Crippen LogP contribution in [0.3, 0.4) is 0 Å². The molecule has 2 nitrogen and oxygen atoms in total. The third kappa shape index (κ3) is 7.29. The number of halogens is 35. The van der Waals surface area contributed by atoms with Gasteiger partial charge in [0.25, 0.3) is 0 Å². The van der Waals surface area contributed by atoms with Crippen LogP contribution in [0.15, 0.2) is 48.5 Å². The Bertz CT molecular complexity index is 2270. The molecule has 0 fully saturated rings. The normalized spacial score (nSPS) is 16.5. The number of anilines is 2. The molecule has 0 saturated carbocycles. The molecule has 1 aliphatic rings. The lowest BCUT2D eigenvalue weighted by Gasteiger charge is -2.47. The van der Waals surface area contributed by atoms with Crippen molar-refractivity contribution in [3.05, 3.63) is 59.7 Å². The molecule has 2 aromatic rings.